The van der Waals surface area contributed by atoms with Gasteiger partial charge in [-0.25, -0.2) is 0 Å². The van der Waals surface area contributed by atoms with Crippen LogP contribution in [-0.4, -0.2) is 18.3 Å². The van der Waals surface area contributed by atoms with Crippen LogP contribution in [0.15, 0.2) is 30.9 Å². The van der Waals surface area contributed by atoms with Gasteiger partial charge < -0.3 is 9.84 Å². The summed E-state index contributed by atoms with van der Waals surface area (Å²) in [4.78, 5) is 0. The number of fused-ring (bicyclic) bond motifs is 1. The lowest BCUT2D eigenvalue weighted by Crippen LogP contribution is -2.00. The van der Waals surface area contributed by atoms with Crippen molar-refractivity contribution in [1.82, 2.24) is 0 Å². The molecule has 0 amide bonds. The molecule has 16 heavy (non-hydrogen) atoms. The van der Waals surface area contributed by atoms with Crippen LogP contribution in [0.1, 0.15) is 29.9 Å². The summed E-state index contributed by atoms with van der Waals surface area (Å²) < 4.78 is 5.64. The zero-order valence-corrected chi connectivity index (χ0v) is 9.48. The molecule has 1 heterocycles. The Morgan fingerprint density at radius 2 is 2.38 bits per heavy atom. The van der Waals surface area contributed by atoms with Gasteiger partial charge in [0.25, 0.3) is 0 Å². The number of hydrogen-bond donors (Lipinski definition) is 1. The fourth-order valence-corrected chi connectivity index (χ4v) is 2.17. The summed E-state index contributed by atoms with van der Waals surface area (Å²) in [6, 6.07) is 6.23. The maximum atomic E-state index is 8.93. The van der Waals surface area contributed by atoms with E-state index in [1.165, 1.54) is 11.1 Å². The molecule has 1 aromatic carbocycles. The maximum Gasteiger partial charge on any atom is 0.122 e. The predicted octanol–water partition coefficient (Wildman–Crippen LogP) is 2.66. The van der Waals surface area contributed by atoms with E-state index in [0.29, 0.717) is 5.92 Å². The van der Waals surface area contributed by atoms with Gasteiger partial charge in [0, 0.05) is 18.1 Å². The number of rotatable bonds is 5. The van der Waals surface area contributed by atoms with E-state index in [-0.39, 0.29) is 6.61 Å². The summed E-state index contributed by atoms with van der Waals surface area (Å²) in [6.07, 6.45) is 4.80. The summed E-state index contributed by atoms with van der Waals surface area (Å²) in [5.74, 6) is 1.50. The van der Waals surface area contributed by atoms with E-state index < -0.39 is 0 Å². The topological polar surface area (TPSA) is 29.5 Å². The molecule has 1 aromatic rings. The molecular formula is C14H18O2. The molecule has 1 atom stereocenters. The molecule has 86 valence electrons. The van der Waals surface area contributed by atoms with Crippen LogP contribution >= 0.6 is 0 Å². The SMILES string of the molecule is C=CCCC1COc2ccc(CCO)cc21. The number of aliphatic hydroxyl groups is 1. The number of allylic oxidation sites excluding steroid dienone is 1. The van der Waals surface area contributed by atoms with Gasteiger partial charge in [-0.05, 0) is 30.9 Å². The molecule has 1 unspecified atom stereocenters. The molecule has 0 radical (unpaired) electrons. The molecule has 0 saturated heterocycles. The van der Waals surface area contributed by atoms with Crippen LogP contribution in [0.4, 0.5) is 0 Å². The Labute approximate surface area is 96.6 Å². The Balaban J connectivity index is 2.15. The summed E-state index contributed by atoms with van der Waals surface area (Å²) in [5, 5.41) is 8.93. The highest BCUT2D eigenvalue weighted by molar-refractivity contribution is 5.42. The van der Waals surface area contributed by atoms with E-state index in [2.05, 4.69) is 12.6 Å². The van der Waals surface area contributed by atoms with Crippen LogP contribution in [0.2, 0.25) is 0 Å². The Hall–Kier alpha value is -1.28. The van der Waals surface area contributed by atoms with E-state index in [1.54, 1.807) is 0 Å². The van der Waals surface area contributed by atoms with E-state index in [4.69, 9.17) is 9.84 Å². The van der Waals surface area contributed by atoms with Gasteiger partial charge in [-0.1, -0.05) is 18.2 Å². The highest BCUT2D eigenvalue weighted by Crippen LogP contribution is 2.37. The molecule has 2 heteroatoms. The van der Waals surface area contributed by atoms with Crippen molar-refractivity contribution in [2.24, 2.45) is 0 Å². The first kappa shape index (κ1) is 11.2. The Morgan fingerprint density at radius 3 is 3.12 bits per heavy atom. The van der Waals surface area contributed by atoms with E-state index in [1.807, 2.05) is 18.2 Å². The molecule has 0 fully saturated rings. The third kappa shape index (κ3) is 2.27. The van der Waals surface area contributed by atoms with E-state index >= 15 is 0 Å². The molecule has 0 aliphatic carbocycles. The number of ether oxygens (including phenoxy) is 1. The fourth-order valence-electron chi connectivity index (χ4n) is 2.17. The van der Waals surface area contributed by atoms with Crippen LogP contribution < -0.4 is 4.74 Å². The van der Waals surface area contributed by atoms with Crippen LogP contribution in [0.5, 0.6) is 5.75 Å². The van der Waals surface area contributed by atoms with Crippen LogP contribution in [0.25, 0.3) is 0 Å². The third-order valence-electron chi connectivity index (χ3n) is 3.07. The zero-order chi connectivity index (χ0) is 11.4. The molecule has 0 bridgehead atoms. The fraction of sp³-hybridized carbons (Fsp3) is 0.429. The van der Waals surface area contributed by atoms with Crippen LogP contribution in [0.3, 0.4) is 0 Å². The highest BCUT2D eigenvalue weighted by atomic mass is 16.5. The molecule has 0 spiro atoms. The van der Waals surface area contributed by atoms with Crippen molar-refractivity contribution in [2.45, 2.75) is 25.2 Å². The van der Waals surface area contributed by atoms with Crippen molar-refractivity contribution >= 4 is 0 Å². The molecule has 1 aliphatic heterocycles. The Kier molecular flexibility index (Phi) is 3.62. The van der Waals surface area contributed by atoms with Gasteiger partial charge >= 0.3 is 0 Å². The maximum absolute atomic E-state index is 8.93. The van der Waals surface area contributed by atoms with Crippen molar-refractivity contribution in [2.75, 3.05) is 13.2 Å². The lowest BCUT2D eigenvalue weighted by Gasteiger charge is -2.08. The number of aliphatic hydroxyl groups excluding tert-OH is 1. The van der Waals surface area contributed by atoms with Gasteiger partial charge in [-0.2, -0.15) is 0 Å². The van der Waals surface area contributed by atoms with Gasteiger partial charge in [0.2, 0.25) is 0 Å². The zero-order valence-electron chi connectivity index (χ0n) is 9.48. The molecule has 0 saturated carbocycles. The second-order valence-electron chi connectivity index (χ2n) is 4.22. The van der Waals surface area contributed by atoms with E-state index in [0.717, 1.165) is 31.6 Å². The third-order valence-corrected chi connectivity index (χ3v) is 3.07. The van der Waals surface area contributed by atoms with Crippen molar-refractivity contribution in [3.63, 3.8) is 0 Å². The normalized spacial score (nSPS) is 17.9. The lowest BCUT2D eigenvalue weighted by atomic mass is 9.94. The molecule has 2 rings (SSSR count). The van der Waals surface area contributed by atoms with Gasteiger partial charge in [-0.3, -0.25) is 0 Å². The smallest absolute Gasteiger partial charge is 0.122 e. The quantitative estimate of drug-likeness (QED) is 0.770. The first-order valence-corrected chi connectivity index (χ1v) is 5.82. The summed E-state index contributed by atoms with van der Waals surface area (Å²) >= 11 is 0. The largest absolute Gasteiger partial charge is 0.493 e. The van der Waals surface area contributed by atoms with E-state index in [9.17, 15) is 0 Å². The molecule has 0 aromatic heterocycles. The standard InChI is InChI=1S/C14H18O2/c1-2-3-4-12-10-16-14-6-5-11(7-8-15)9-13(12)14/h2,5-6,9,12,15H,1,3-4,7-8,10H2. The molecule has 1 N–H and O–H groups in total. The second kappa shape index (κ2) is 5.17. The van der Waals surface area contributed by atoms with Gasteiger partial charge in [-0.15, -0.1) is 6.58 Å². The monoisotopic (exact) mass is 218 g/mol. The van der Waals surface area contributed by atoms with Crippen molar-refractivity contribution in [3.8, 4) is 5.75 Å². The van der Waals surface area contributed by atoms with Gasteiger partial charge in [0.05, 0.1) is 6.61 Å². The minimum atomic E-state index is 0.205. The minimum Gasteiger partial charge on any atom is -0.493 e. The van der Waals surface area contributed by atoms with Crippen LogP contribution in [-0.2, 0) is 6.42 Å². The summed E-state index contributed by atoms with van der Waals surface area (Å²) in [6.45, 7) is 4.74. The number of hydrogen-bond acceptors (Lipinski definition) is 2. The van der Waals surface area contributed by atoms with Crippen molar-refractivity contribution < 1.29 is 9.84 Å². The highest BCUT2D eigenvalue weighted by Gasteiger charge is 2.23. The molecule has 2 nitrogen and oxygen atoms in total. The lowest BCUT2D eigenvalue weighted by molar-refractivity contribution is 0.299. The summed E-state index contributed by atoms with van der Waals surface area (Å²) in [5.41, 5.74) is 2.49. The average molecular weight is 218 g/mol. The van der Waals surface area contributed by atoms with Crippen LogP contribution in [0, 0.1) is 0 Å². The van der Waals surface area contributed by atoms with Gasteiger partial charge in [0.15, 0.2) is 0 Å². The van der Waals surface area contributed by atoms with Crippen molar-refractivity contribution in [3.05, 3.63) is 42.0 Å². The first-order valence-electron chi connectivity index (χ1n) is 5.82. The predicted molar refractivity (Wildman–Crippen MR) is 64.9 cm³/mol. The number of benzene rings is 1. The second-order valence-corrected chi connectivity index (χ2v) is 4.22. The Bertz CT molecular complexity index is 371. The van der Waals surface area contributed by atoms with Gasteiger partial charge in [0.1, 0.15) is 5.75 Å². The Morgan fingerprint density at radius 1 is 1.50 bits per heavy atom. The minimum absolute atomic E-state index is 0.205. The molecular weight excluding hydrogens is 200 g/mol. The average Bonchev–Trinajstić information content (AvgIpc) is 2.69. The summed E-state index contributed by atoms with van der Waals surface area (Å²) in [7, 11) is 0. The first-order chi connectivity index (χ1) is 7.85. The van der Waals surface area contributed by atoms with Crippen molar-refractivity contribution in [1.29, 1.82) is 0 Å². The molecule has 1 aliphatic rings.